The molecule has 0 bridgehead atoms. The highest BCUT2D eigenvalue weighted by Crippen LogP contribution is 2.33. The third-order valence-corrected chi connectivity index (χ3v) is 13.9. The van der Waals surface area contributed by atoms with Crippen LogP contribution < -0.4 is 15.6 Å². The van der Waals surface area contributed by atoms with Gasteiger partial charge in [0.25, 0.3) is 0 Å². The Morgan fingerprint density at radius 1 is 0.404 bits per heavy atom. The van der Waals surface area contributed by atoms with Gasteiger partial charge in [0.15, 0.2) is 0 Å². The standard InChI is InChI=1S/C37H45F9Si/c1-2-3-4-5-6-7-8-9-10-11-12-13-14-15-25-47(32-22-16-19-29(26-32)35(38,39)40,33-23-17-20-30(27-33)36(41,42)43)34-24-18-21-31(28-34)37(44,45)46/h16-24,26-28H,2-15,25H2,1H3. The van der Waals surface area contributed by atoms with E-state index in [2.05, 4.69) is 6.92 Å². The highest BCUT2D eigenvalue weighted by atomic mass is 28.3. The lowest BCUT2D eigenvalue weighted by Crippen LogP contribution is -2.67. The fraction of sp³-hybridized carbons (Fsp3) is 0.514. The molecule has 0 aliphatic carbocycles. The molecular weight excluding hydrogens is 643 g/mol. The highest BCUT2D eigenvalue weighted by Gasteiger charge is 2.43. The minimum Gasteiger partial charge on any atom is -0.166 e. The summed E-state index contributed by atoms with van der Waals surface area (Å²) in [6.07, 6.45) is 0.728. The normalized spacial score (nSPS) is 12.9. The van der Waals surface area contributed by atoms with Crippen molar-refractivity contribution in [3.05, 3.63) is 89.5 Å². The predicted octanol–water partition coefficient (Wildman–Crippen LogP) is 11.7. The zero-order valence-corrected chi connectivity index (χ0v) is 27.9. The second kappa shape index (κ2) is 17.6. The van der Waals surface area contributed by atoms with Gasteiger partial charge >= 0.3 is 18.5 Å². The van der Waals surface area contributed by atoms with E-state index in [0.717, 1.165) is 68.5 Å². The molecular formula is C37H45F9Si. The van der Waals surface area contributed by atoms with Crippen LogP contribution in [0.3, 0.4) is 0 Å². The van der Waals surface area contributed by atoms with E-state index in [0.29, 0.717) is 12.8 Å². The number of hydrogen-bond donors (Lipinski definition) is 0. The lowest BCUT2D eigenvalue weighted by atomic mass is 10.0. The average Bonchev–Trinajstić information content (AvgIpc) is 3.02. The van der Waals surface area contributed by atoms with E-state index in [4.69, 9.17) is 0 Å². The van der Waals surface area contributed by atoms with Crippen molar-refractivity contribution < 1.29 is 39.5 Å². The molecule has 0 aliphatic heterocycles. The Balaban J connectivity index is 1.89. The van der Waals surface area contributed by atoms with Gasteiger partial charge in [0, 0.05) is 0 Å². The smallest absolute Gasteiger partial charge is 0.166 e. The number of unbranched alkanes of at least 4 members (excludes halogenated alkanes) is 13. The van der Waals surface area contributed by atoms with Crippen LogP contribution in [0.25, 0.3) is 0 Å². The Morgan fingerprint density at radius 3 is 0.957 bits per heavy atom. The van der Waals surface area contributed by atoms with Gasteiger partial charge in [-0.25, -0.2) is 0 Å². The lowest BCUT2D eigenvalue weighted by molar-refractivity contribution is -0.138. The molecule has 47 heavy (non-hydrogen) atoms. The zero-order chi connectivity index (χ0) is 34.6. The van der Waals surface area contributed by atoms with Crippen LogP contribution in [-0.2, 0) is 18.5 Å². The summed E-state index contributed by atoms with van der Waals surface area (Å²) in [6, 6.07) is 13.3. The fourth-order valence-electron chi connectivity index (χ4n) is 6.40. The van der Waals surface area contributed by atoms with Crippen molar-refractivity contribution in [2.75, 3.05) is 0 Å². The van der Waals surface area contributed by atoms with E-state index < -0.39 is 43.3 Å². The zero-order valence-electron chi connectivity index (χ0n) is 26.9. The molecule has 0 saturated heterocycles. The molecule has 0 atom stereocenters. The van der Waals surface area contributed by atoms with Crippen molar-refractivity contribution in [3.63, 3.8) is 0 Å². The average molecular weight is 689 g/mol. The van der Waals surface area contributed by atoms with Gasteiger partial charge in [-0.3, -0.25) is 0 Å². The molecule has 3 rings (SSSR count). The van der Waals surface area contributed by atoms with Crippen LogP contribution in [0.1, 0.15) is 114 Å². The fourth-order valence-corrected chi connectivity index (χ4v) is 11.4. The van der Waals surface area contributed by atoms with E-state index in [1.165, 1.54) is 81.3 Å². The van der Waals surface area contributed by atoms with Crippen LogP contribution >= 0.6 is 0 Å². The Kier molecular flexibility index (Phi) is 14.5. The SMILES string of the molecule is CCCCCCCCCCCCCCCC[Si](c1cccc(C(F)(F)F)c1)(c1cccc(C(F)(F)F)c1)c1cccc(C(F)(F)F)c1. The molecule has 0 amide bonds. The molecule has 0 fully saturated rings. The summed E-state index contributed by atoms with van der Waals surface area (Å²) < 4.78 is 125. The molecule has 0 spiro atoms. The van der Waals surface area contributed by atoms with Crippen LogP contribution in [0.15, 0.2) is 72.8 Å². The van der Waals surface area contributed by atoms with Gasteiger partial charge in [0.1, 0.15) is 8.07 Å². The Morgan fingerprint density at radius 2 is 0.681 bits per heavy atom. The molecule has 0 radical (unpaired) electrons. The monoisotopic (exact) mass is 688 g/mol. The predicted molar refractivity (Wildman–Crippen MR) is 174 cm³/mol. The molecule has 0 aromatic heterocycles. The topological polar surface area (TPSA) is 0 Å². The molecule has 0 nitrogen and oxygen atoms in total. The second-order valence-corrected chi connectivity index (χ2v) is 16.5. The largest absolute Gasteiger partial charge is 0.416 e. The number of halogens is 9. The second-order valence-electron chi connectivity index (χ2n) is 12.5. The van der Waals surface area contributed by atoms with Gasteiger partial charge in [0.05, 0.1) is 16.7 Å². The quantitative estimate of drug-likeness (QED) is 0.0540. The maximum atomic E-state index is 13.9. The van der Waals surface area contributed by atoms with Crippen molar-refractivity contribution >= 4 is 23.6 Å². The van der Waals surface area contributed by atoms with E-state index in [1.807, 2.05) is 0 Å². The third-order valence-electron chi connectivity index (χ3n) is 8.95. The van der Waals surface area contributed by atoms with Crippen LogP contribution in [0.4, 0.5) is 39.5 Å². The summed E-state index contributed by atoms with van der Waals surface area (Å²) in [5.41, 5.74) is -2.98. The molecule has 0 unspecified atom stereocenters. The Hall–Kier alpha value is -2.75. The molecule has 260 valence electrons. The molecule has 0 saturated carbocycles. The molecule has 0 aliphatic rings. The Labute approximate surface area is 273 Å². The van der Waals surface area contributed by atoms with Crippen LogP contribution in [0, 0.1) is 0 Å². The van der Waals surface area contributed by atoms with Gasteiger partial charge in [0.2, 0.25) is 0 Å². The van der Waals surface area contributed by atoms with E-state index in [-0.39, 0.29) is 21.6 Å². The van der Waals surface area contributed by atoms with Gasteiger partial charge in [-0.05, 0) is 39.8 Å². The van der Waals surface area contributed by atoms with Gasteiger partial charge < -0.3 is 0 Å². The van der Waals surface area contributed by atoms with Crippen LogP contribution in [0.5, 0.6) is 0 Å². The number of hydrogen-bond acceptors (Lipinski definition) is 0. The summed E-state index contributed by atoms with van der Waals surface area (Å²) in [5.74, 6) is 0. The lowest BCUT2D eigenvalue weighted by Gasteiger charge is -2.35. The van der Waals surface area contributed by atoms with Gasteiger partial charge in [-0.15, -0.1) is 0 Å². The number of alkyl halides is 9. The molecule has 3 aromatic carbocycles. The van der Waals surface area contributed by atoms with E-state index >= 15 is 0 Å². The molecule has 0 N–H and O–H groups in total. The third kappa shape index (κ3) is 11.4. The minimum absolute atomic E-state index is 0.126. The summed E-state index contributed by atoms with van der Waals surface area (Å²) in [4.78, 5) is 0. The van der Waals surface area contributed by atoms with Gasteiger partial charge in [-0.2, -0.15) is 39.5 Å². The Bertz CT molecular complexity index is 1220. The highest BCUT2D eigenvalue weighted by molar-refractivity contribution is 7.11. The van der Waals surface area contributed by atoms with Crippen molar-refractivity contribution in [1.82, 2.24) is 0 Å². The summed E-state index contributed by atoms with van der Waals surface area (Å²) in [7, 11) is -3.86. The maximum Gasteiger partial charge on any atom is 0.416 e. The molecule has 10 heteroatoms. The summed E-state index contributed by atoms with van der Waals surface area (Å²) in [5, 5.41) is 0.377. The summed E-state index contributed by atoms with van der Waals surface area (Å²) >= 11 is 0. The van der Waals surface area contributed by atoms with E-state index in [9.17, 15) is 39.5 Å². The van der Waals surface area contributed by atoms with Crippen molar-refractivity contribution in [2.24, 2.45) is 0 Å². The van der Waals surface area contributed by atoms with Crippen LogP contribution in [-0.4, -0.2) is 8.07 Å². The first kappa shape index (κ1) is 38.7. The minimum atomic E-state index is -4.74. The maximum absolute atomic E-state index is 13.9. The molecule has 0 heterocycles. The number of rotatable bonds is 18. The van der Waals surface area contributed by atoms with Crippen molar-refractivity contribution in [3.8, 4) is 0 Å². The number of benzene rings is 3. The van der Waals surface area contributed by atoms with Crippen LogP contribution in [0.2, 0.25) is 6.04 Å². The first-order valence-corrected chi connectivity index (χ1v) is 18.9. The van der Waals surface area contributed by atoms with E-state index in [1.54, 1.807) is 0 Å². The molecule has 3 aromatic rings. The van der Waals surface area contributed by atoms with Gasteiger partial charge in [-0.1, -0.05) is 151 Å². The first-order chi connectivity index (χ1) is 22.2. The van der Waals surface area contributed by atoms with Crippen molar-refractivity contribution in [2.45, 2.75) is 121 Å². The first-order valence-electron chi connectivity index (χ1n) is 16.7. The summed E-state index contributed by atoms with van der Waals surface area (Å²) in [6.45, 7) is 2.20. The van der Waals surface area contributed by atoms with Crippen molar-refractivity contribution in [1.29, 1.82) is 0 Å².